The summed E-state index contributed by atoms with van der Waals surface area (Å²) in [6, 6.07) is 30.7. The van der Waals surface area contributed by atoms with E-state index >= 15 is 0 Å². The number of thioether (sulfide) groups is 1. The van der Waals surface area contributed by atoms with Crippen molar-refractivity contribution in [1.82, 2.24) is 0 Å². The Morgan fingerprint density at radius 2 is 1.03 bits per heavy atom. The average molecular weight is 479 g/mol. The molecular formula is C29H34O4S. The van der Waals surface area contributed by atoms with Gasteiger partial charge in [-0.2, -0.15) is 0 Å². The first-order valence-corrected chi connectivity index (χ1v) is 13.0. The minimum atomic E-state index is -0.263. The van der Waals surface area contributed by atoms with E-state index < -0.39 is 0 Å². The summed E-state index contributed by atoms with van der Waals surface area (Å²) >= 11 is 1.76. The van der Waals surface area contributed by atoms with Gasteiger partial charge in [-0.15, -0.1) is 11.8 Å². The molecular weight excluding hydrogens is 444 g/mol. The molecule has 0 saturated carbocycles. The molecule has 3 aromatic carbocycles. The van der Waals surface area contributed by atoms with Crippen LogP contribution in [0.1, 0.15) is 30.5 Å². The van der Waals surface area contributed by atoms with E-state index in [0.29, 0.717) is 19.8 Å². The van der Waals surface area contributed by atoms with Crippen molar-refractivity contribution < 1.29 is 18.9 Å². The van der Waals surface area contributed by atoms with Gasteiger partial charge in [-0.25, -0.2) is 0 Å². The van der Waals surface area contributed by atoms with E-state index in [1.54, 1.807) is 11.8 Å². The third kappa shape index (κ3) is 6.94. The number of ether oxygens (including phenoxy) is 4. The summed E-state index contributed by atoms with van der Waals surface area (Å²) in [5, 5.41) is 0. The Morgan fingerprint density at radius 3 is 1.47 bits per heavy atom. The predicted octanol–water partition coefficient (Wildman–Crippen LogP) is 6.24. The van der Waals surface area contributed by atoms with Crippen molar-refractivity contribution in [2.75, 3.05) is 5.75 Å². The largest absolute Gasteiger partial charge is 0.368 e. The zero-order chi connectivity index (χ0) is 23.6. The summed E-state index contributed by atoms with van der Waals surface area (Å²) in [4.78, 5) is 0. The molecule has 180 valence electrons. The average Bonchev–Trinajstić information content (AvgIpc) is 2.88. The fraction of sp³-hybridized carbons (Fsp3) is 0.379. The molecule has 0 bridgehead atoms. The van der Waals surface area contributed by atoms with Crippen LogP contribution >= 0.6 is 11.8 Å². The second-order valence-corrected chi connectivity index (χ2v) is 9.82. The minimum Gasteiger partial charge on any atom is -0.368 e. The molecule has 1 heterocycles. The van der Waals surface area contributed by atoms with Gasteiger partial charge in [0.1, 0.15) is 23.7 Å². The number of hydrogen-bond donors (Lipinski definition) is 0. The van der Waals surface area contributed by atoms with Gasteiger partial charge in [-0.1, -0.05) is 97.9 Å². The lowest BCUT2D eigenvalue weighted by atomic mass is 9.99. The zero-order valence-electron chi connectivity index (χ0n) is 19.9. The fourth-order valence-corrected chi connectivity index (χ4v) is 5.17. The molecule has 0 unspecified atom stereocenters. The smallest absolute Gasteiger partial charge is 0.132 e. The Bertz CT molecular complexity index is 954. The highest BCUT2D eigenvalue weighted by molar-refractivity contribution is 7.99. The third-order valence-electron chi connectivity index (χ3n) is 5.91. The summed E-state index contributed by atoms with van der Waals surface area (Å²) in [5.41, 5.74) is 3.26. The molecule has 1 fully saturated rings. The van der Waals surface area contributed by atoms with Gasteiger partial charge in [0.25, 0.3) is 0 Å². The highest BCUT2D eigenvalue weighted by Gasteiger charge is 2.46. The molecule has 5 atom stereocenters. The first-order chi connectivity index (χ1) is 16.7. The van der Waals surface area contributed by atoms with Crippen LogP contribution in [0.2, 0.25) is 0 Å². The van der Waals surface area contributed by atoms with Gasteiger partial charge in [0.05, 0.1) is 25.9 Å². The third-order valence-corrected chi connectivity index (χ3v) is 6.96. The molecule has 3 aromatic rings. The van der Waals surface area contributed by atoms with Gasteiger partial charge in [-0.3, -0.25) is 0 Å². The van der Waals surface area contributed by atoms with E-state index in [1.807, 2.05) is 54.6 Å². The van der Waals surface area contributed by atoms with E-state index in [-0.39, 0.29) is 29.9 Å². The molecule has 34 heavy (non-hydrogen) atoms. The van der Waals surface area contributed by atoms with Crippen LogP contribution in [0.4, 0.5) is 0 Å². The van der Waals surface area contributed by atoms with Crippen LogP contribution in [-0.4, -0.2) is 35.6 Å². The van der Waals surface area contributed by atoms with E-state index in [9.17, 15) is 0 Å². The van der Waals surface area contributed by atoms with E-state index in [4.69, 9.17) is 18.9 Å². The minimum absolute atomic E-state index is 0.120. The zero-order valence-corrected chi connectivity index (χ0v) is 20.7. The molecule has 4 rings (SSSR count). The number of hydrogen-bond acceptors (Lipinski definition) is 5. The maximum Gasteiger partial charge on any atom is 0.132 e. The molecule has 0 aliphatic carbocycles. The molecule has 0 aromatic heterocycles. The van der Waals surface area contributed by atoms with Crippen LogP contribution in [0, 0.1) is 0 Å². The molecule has 0 N–H and O–H groups in total. The van der Waals surface area contributed by atoms with Crippen LogP contribution < -0.4 is 0 Å². The van der Waals surface area contributed by atoms with Crippen molar-refractivity contribution in [3.8, 4) is 0 Å². The van der Waals surface area contributed by atoms with Crippen molar-refractivity contribution in [1.29, 1.82) is 0 Å². The number of rotatable bonds is 11. The van der Waals surface area contributed by atoms with E-state index in [1.165, 1.54) is 0 Å². The van der Waals surface area contributed by atoms with Crippen molar-refractivity contribution in [2.24, 2.45) is 0 Å². The normalized spacial score (nSPS) is 24.7. The van der Waals surface area contributed by atoms with Crippen LogP contribution in [-0.2, 0) is 38.8 Å². The summed E-state index contributed by atoms with van der Waals surface area (Å²) in [5.74, 6) is 0.934. The van der Waals surface area contributed by atoms with Crippen molar-refractivity contribution in [3.05, 3.63) is 108 Å². The van der Waals surface area contributed by atoms with E-state index in [2.05, 4.69) is 50.2 Å². The van der Waals surface area contributed by atoms with Crippen LogP contribution in [0.3, 0.4) is 0 Å². The second-order valence-electron chi connectivity index (χ2n) is 8.45. The highest BCUT2D eigenvalue weighted by Crippen LogP contribution is 2.34. The predicted molar refractivity (Wildman–Crippen MR) is 138 cm³/mol. The van der Waals surface area contributed by atoms with Gasteiger partial charge >= 0.3 is 0 Å². The van der Waals surface area contributed by atoms with Gasteiger partial charge in [-0.05, 0) is 29.4 Å². The SMILES string of the molecule is CCS[C@@H]1O[C@@H](C)[C@H](OCc2ccccc2)[C@@H](OCc2ccccc2)[C@H]1OCc1ccccc1. The Hall–Kier alpha value is -2.15. The lowest BCUT2D eigenvalue weighted by molar-refractivity contribution is -0.242. The molecule has 1 aliphatic heterocycles. The Labute approximate surface area is 207 Å². The standard InChI is InChI=1S/C29H34O4S/c1-3-34-29-28(32-21-25-17-11-6-12-18-25)27(31-20-24-15-9-5-10-16-24)26(22(2)33-29)30-19-23-13-7-4-8-14-23/h4-18,22,26-29H,3,19-21H2,1-2H3/t22-,26-,27+,28+,29-/m0/s1. The quantitative estimate of drug-likeness (QED) is 0.326. The van der Waals surface area contributed by atoms with Gasteiger partial charge in [0.2, 0.25) is 0 Å². The highest BCUT2D eigenvalue weighted by atomic mass is 32.2. The molecule has 4 nitrogen and oxygen atoms in total. The van der Waals surface area contributed by atoms with Crippen molar-refractivity contribution in [2.45, 2.75) is 63.5 Å². The fourth-order valence-electron chi connectivity index (χ4n) is 4.17. The lowest BCUT2D eigenvalue weighted by Crippen LogP contribution is -2.58. The van der Waals surface area contributed by atoms with Gasteiger partial charge < -0.3 is 18.9 Å². The van der Waals surface area contributed by atoms with Crippen molar-refractivity contribution in [3.63, 3.8) is 0 Å². The van der Waals surface area contributed by atoms with Gasteiger partial charge in [0.15, 0.2) is 0 Å². The van der Waals surface area contributed by atoms with Crippen LogP contribution in [0.5, 0.6) is 0 Å². The summed E-state index contributed by atoms with van der Waals surface area (Å²) < 4.78 is 26.0. The van der Waals surface area contributed by atoms with Crippen molar-refractivity contribution >= 4 is 11.8 Å². The molecule has 1 aliphatic rings. The topological polar surface area (TPSA) is 36.9 Å². The first-order valence-electron chi connectivity index (χ1n) is 12.0. The maximum absolute atomic E-state index is 6.57. The second kappa shape index (κ2) is 13.1. The molecule has 0 radical (unpaired) electrons. The first kappa shape index (κ1) is 25.0. The Balaban J connectivity index is 1.55. The van der Waals surface area contributed by atoms with E-state index in [0.717, 1.165) is 22.4 Å². The molecule has 0 amide bonds. The monoisotopic (exact) mass is 478 g/mol. The summed E-state index contributed by atoms with van der Waals surface area (Å²) in [6.45, 7) is 5.72. The summed E-state index contributed by atoms with van der Waals surface area (Å²) in [6.07, 6.45) is -0.894. The Kier molecular flexibility index (Phi) is 9.60. The van der Waals surface area contributed by atoms with Crippen LogP contribution in [0.25, 0.3) is 0 Å². The lowest BCUT2D eigenvalue weighted by Gasteiger charge is -2.45. The number of benzene rings is 3. The molecule has 5 heteroatoms. The van der Waals surface area contributed by atoms with Gasteiger partial charge in [0, 0.05) is 0 Å². The maximum atomic E-state index is 6.57. The van der Waals surface area contributed by atoms with Crippen LogP contribution in [0.15, 0.2) is 91.0 Å². The molecule has 0 spiro atoms. The Morgan fingerprint density at radius 1 is 0.618 bits per heavy atom. The molecule has 1 saturated heterocycles. The summed E-state index contributed by atoms with van der Waals surface area (Å²) in [7, 11) is 0.